The molecule has 3 heteroatoms. The van der Waals surface area contributed by atoms with Gasteiger partial charge in [0.05, 0.1) is 5.69 Å². The average Bonchev–Trinajstić information content (AvgIpc) is 3.01. The summed E-state index contributed by atoms with van der Waals surface area (Å²) in [5.74, 6) is 3.12. The number of carbonyl (C=O) groups excluding carboxylic acids is 1. The molecule has 142 valence electrons. The smallest absolute Gasteiger partial charge is 0.136 e. The first-order valence-corrected chi connectivity index (χ1v) is 10.6. The summed E-state index contributed by atoms with van der Waals surface area (Å²) in [6, 6.07) is 2.07. The molecular weight excluding hydrogens is 332 g/mol. The van der Waals surface area contributed by atoms with Crippen LogP contribution in [0.1, 0.15) is 65.0 Å². The van der Waals surface area contributed by atoms with Crippen LogP contribution in [-0.2, 0) is 4.79 Å². The Labute approximate surface area is 162 Å². The second-order valence-corrected chi connectivity index (χ2v) is 9.88. The third kappa shape index (κ3) is 2.36. The van der Waals surface area contributed by atoms with Gasteiger partial charge in [0.25, 0.3) is 0 Å². The van der Waals surface area contributed by atoms with Crippen LogP contribution in [0.5, 0.6) is 0 Å². The van der Waals surface area contributed by atoms with Crippen molar-refractivity contribution in [3.63, 3.8) is 0 Å². The number of hydrogen-bond donors (Lipinski definition) is 0. The van der Waals surface area contributed by atoms with Crippen molar-refractivity contribution in [2.45, 2.75) is 59.3 Å². The van der Waals surface area contributed by atoms with Gasteiger partial charge in [-0.1, -0.05) is 38.5 Å². The topological polar surface area (TPSA) is 42.9 Å². The summed E-state index contributed by atoms with van der Waals surface area (Å²) in [6.07, 6.45) is 14.7. The van der Waals surface area contributed by atoms with E-state index in [2.05, 4.69) is 49.0 Å². The lowest BCUT2D eigenvalue weighted by Gasteiger charge is -2.59. The molecule has 1 aromatic heterocycles. The molecule has 2 saturated carbocycles. The minimum Gasteiger partial charge on any atom is -0.299 e. The monoisotopic (exact) mass is 362 g/mol. The molecule has 0 amide bonds. The molecule has 1 unspecified atom stereocenters. The van der Waals surface area contributed by atoms with E-state index in [0.717, 1.165) is 24.5 Å². The Hall–Kier alpha value is -1.77. The molecule has 0 spiro atoms. The second kappa shape index (κ2) is 5.86. The predicted octanol–water partition coefficient (Wildman–Crippen LogP) is 5.25. The number of nitrogens with zero attached hydrogens (tertiary/aromatic N) is 2. The number of carbonyl (C=O) groups is 1. The van der Waals surface area contributed by atoms with Crippen LogP contribution in [0.15, 0.2) is 36.3 Å². The first-order chi connectivity index (χ1) is 12.9. The molecule has 5 rings (SSSR count). The lowest BCUT2D eigenvalue weighted by atomic mass is 9.45. The maximum Gasteiger partial charge on any atom is 0.136 e. The Morgan fingerprint density at radius 1 is 1.15 bits per heavy atom. The largest absolute Gasteiger partial charge is 0.299 e. The van der Waals surface area contributed by atoms with Gasteiger partial charge < -0.3 is 0 Å². The molecule has 0 N–H and O–H groups in total. The zero-order valence-electron chi connectivity index (χ0n) is 16.7. The zero-order valence-corrected chi connectivity index (χ0v) is 16.7. The molecule has 6 atom stereocenters. The molecule has 0 bridgehead atoms. The van der Waals surface area contributed by atoms with Crippen LogP contribution in [0.3, 0.4) is 0 Å². The third-order valence-electron chi connectivity index (χ3n) is 8.71. The van der Waals surface area contributed by atoms with Gasteiger partial charge in [0.2, 0.25) is 0 Å². The van der Waals surface area contributed by atoms with Gasteiger partial charge in [-0.05, 0) is 71.8 Å². The molecule has 3 nitrogen and oxygen atoms in total. The molecule has 1 aromatic rings. The van der Waals surface area contributed by atoms with Crippen molar-refractivity contribution in [1.82, 2.24) is 9.97 Å². The van der Waals surface area contributed by atoms with Gasteiger partial charge >= 0.3 is 0 Å². The molecule has 0 radical (unpaired) electrons. The van der Waals surface area contributed by atoms with Crippen molar-refractivity contribution in [3.05, 3.63) is 42.0 Å². The molecular formula is C24H30N2O. The maximum atomic E-state index is 12.1. The Morgan fingerprint density at radius 2 is 2.00 bits per heavy atom. The van der Waals surface area contributed by atoms with Crippen molar-refractivity contribution in [1.29, 1.82) is 0 Å². The van der Waals surface area contributed by atoms with E-state index in [9.17, 15) is 4.79 Å². The summed E-state index contributed by atoms with van der Waals surface area (Å²) >= 11 is 0. The first-order valence-electron chi connectivity index (χ1n) is 10.6. The highest BCUT2D eigenvalue weighted by atomic mass is 16.1. The number of rotatable bonds is 1. The Balaban J connectivity index is 1.52. The lowest BCUT2D eigenvalue weighted by Crippen LogP contribution is -2.51. The van der Waals surface area contributed by atoms with Crippen molar-refractivity contribution >= 4 is 11.4 Å². The molecule has 4 aliphatic rings. The highest BCUT2D eigenvalue weighted by Gasteiger charge is 2.58. The normalized spacial score (nSPS) is 43.3. The van der Waals surface area contributed by atoms with E-state index in [-0.39, 0.29) is 10.8 Å². The molecule has 2 fully saturated rings. The average molecular weight is 363 g/mol. The van der Waals surface area contributed by atoms with Crippen LogP contribution < -0.4 is 0 Å². The summed E-state index contributed by atoms with van der Waals surface area (Å²) in [7, 11) is 0. The van der Waals surface area contributed by atoms with Gasteiger partial charge in [0.15, 0.2) is 0 Å². The molecule has 27 heavy (non-hydrogen) atoms. The lowest BCUT2D eigenvalue weighted by molar-refractivity contribution is -0.122. The number of fused-ring (bicyclic) bond motifs is 5. The molecule has 4 aliphatic carbocycles. The van der Waals surface area contributed by atoms with E-state index >= 15 is 0 Å². The fraction of sp³-hybridized carbons (Fsp3) is 0.625. The van der Waals surface area contributed by atoms with Crippen molar-refractivity contribution in [2.24, 2.45) is 34.5 Å². The SMILES string of the molecule is CC1C=C2CC(=O)CC[C@]2(C)[C@@H]2CC[C@]3(C)C(c4ccncn4)=CC[C@H]3[C@H]12. The summed E-state index contributed by atoms with van der Waals surface area (Å²) in [5.41, 5.74) is 4.47. The number of aromatic nitrogens is 2. The molecule has 0 aliphatic heterocycles. The summed E-state index contributed by atoms with van der Waals surface area (Å²) in [6.45, 7) is 7.34. The van der Waals surface area contributed by atoms with E-state index < -0.39 is 0 Å². The van der Waals surface area contributed by atoms with Gasteiger partial charge in [-0.2, -0.15) is 0 Å². The Kier molecular flexibility index (Phi) is 3.76. The van der Waals surface area contributed by atoms with Crippen molar-refractivity contribution < 1.29 is 4.79 Å². The van der Waals surface area contributed by atoms with Crippen LogP contribution in [0, 0.1) is 34.5 Å². The van der Waals surface area contributed by atoms with Gasteiger partial charge in [0.1, 0.15) is 12.1 Å². The summed E-state index contributed by atoms with van der Waals surface area (Å²) < 4.78 is 0. The van der Waals surface area contributed by atoms with Gasteiger partial charge in [-0.25, -0.2) is 9.97 Å². The molecule has 0 saturated heterocycles. The van der Waals surface area contributed by atoms with Crippen LogP contribution in [0.25, 0.3) is 5.57 Å². The highest BCUT2D eigenvalue weighted by molar-refractivity contribution is 5.82. The summed E-state index contributed by atoms with van der Waals surface area (Å²) in [5, 5.41) is 0. The molecule has 1 heterocycles. The predicted molar refractivity (Wildman–Crippen MR) is 107 cm³/mol. The van der Waals surface area contributed by atoms with Gasteiger partial charge in [-0.15, -0.1) is 0 Å². The van der Waals surface area contributed by atoms with E-state index in [0.29, 0.717) is 30.0 Å². The first kappa shape index (κ1) is 17.3. The summed E-state index contributed by atoms with van der Waals surface area (Å²) in [4.78, 5) is 20.8. The van der Waals surface area contributed by atoms with Crippen LogP contribution in [0.4, 0.5) is 0 Å². The second-order valence-electron chi connectivity index (χ2n) is 9.88. The number of Topliss-reactive ketones (excluding diaryl/α,β-unsaturated/α-hetero) is 1. The standard InChI is InChI=1S/C24H30N2O/c1-15-12-16-13-17(27)6-9-23(16,2)20-7-10-24(3)18(4-5-19(24)22(15)20)21-8-11-25-14-26-21/h4,8,11-12,14-15,19-20,22H,5-7,9-10,13H2,1-3H3/t15?,19-,20+,22-,23-,24+/m0/s1. The highest BCUT2D eigenvalue weighted by Crippen LogP contribution is 2.66. The minimum atomic E-state index is 0.218. The van der Waals surface area contributed by atoms with Crippen LogP contribution >= 0.6 is 0 Å². The van der Waals surface area contributed by atoms with Gasteiger partial charge in [-0.3, -0.25) is 4.79 Å². The fourth-order valence-electron chi connectivity index (χ4n) is 7.25. The number of hydrogen-bond acceptors (Lipinski definition) is 3. The minimum absolute atomic E-state index is 0.218. The van der Waals surface area contributed by atoms with E-state index in [1.54, 1.807) is 6.33 Å². The Bertz CT molecular complexity index is 841. The molecule has 0 aromatic carbocycles. The van der Waals surface area contributed by atoms with Crippen molar-refractivity contribution in [3.8, 4) is 0 Å². The Morgan fingerprint density at radius 3 is 2.78 bits per heavy atom. The van der Waals surface area contributed by atoms with E-state index in [1.807, 2.05) is 6.20 Å². The van der Waals surface area contributed by atoms with Crippen molar-refractivity contribution in [2.75, 3.05) is 0 Å². The van der Waals surface area contributed by atoms with Gasteiger partial charge in [0, 0.05) is 19.0 Å². The third-order valence-corrected chi connectivity index (χ3v) is 8.71. The fourth-order valence-corrected chi connectivity index (χ4v) is 7.25. The van der Waals surface area contributed by atoms with E-state index in [4.69, 9.17) is 0 Å². The quantitative estimate of drug-likeness (QED) is 0.641. The number of allylic oxidation sites excluding steroid dienone is 4. The van der Waals surface area contributed by atoms with Crippen LogP contribution in [-0.4, -0.2) is 15.8 Å². The number of ketones is 1. The zero-order chi connectivity index (χ0) is 18.8. The van der Waals surface area contributed by atoms with Crippen LogP contribution in [0.2, 0.25) is 0 Å². The maximum absolute atomic E-state index is 12.1. The van der Waals surface area contributed by atoms with E-state index in [1.165, 1.54) is 30.4 Å².